The Labute approximate surface area is 187 Å². The smallest absolute Gasteiger partial charge is 0.309 e. The monoisotopic (exact) mass is 444 g/mol. The number of carbonyl (C=O) groups excluding carboxylic acids is 2. The van der Waals surface area contributed by atoms with E-state index in [9.17, 15) is 9.59 Å². The first kappa shape index (κ1) is 23.2. The van der Waals surface area contributed by atoms with Gasteiger partial charge in [0.1, 0.15) is 6.10 Å². The maximum atomic E-state index is 12.6. The van der Waals surface area contributed by atoms with Crippen molar-refractivity contribution in [2.45, 2.75) is 19.4 Å². The van der Waals surface area contributed by atoms with Gasteiger partial charge < -0.3 is 28.4 Å². The lowest BCUT2D eigenvalue weighted by Gasteiger charge is -2.26. The zero-order chi connectivity index (χ0) is 23.3. The summed E-state index contributed by atoms with van der Waals surface area (Å²) in [5.41, 5.74) is 1.57. The maximum Gasteiger partial charge on any atom is 0.309 e. The fourth-order valence-corrected chi connectivity index (χ4v) is 3.98. The lowest BCUT2D eigenvalue weighted by atomic mass is 9.82. The number of methoxy groups -OCH3 is 4. The van der Waals surface area contributed by atoms with Gasteiger partial charge in [-0.25, -0.2) is 0 Å². The summed E-state index contributed by atoms with van der Waals surface area (Å²) in [6, 6.07) is 10.8. The minimum atomic E-state index is -0.691. The molecule has 3 atom stereocenters. The highest BCUT2D eigenvalue weighted by atomic mass is 16.6. The number of carbonyl (C=O) groups is 2. The van der Waals surface area contributed by atoms with E-state index in [0.29, 0.717) is 35.0 Å². The predicted octanol–water partition coefficient (Wildman–Crippen LogP) is 3.36. The Kier molecular flexibility index (Phi) is 7.45. The van der Waals surface area contributed by atoms with Gasteiger partial charge in [-0.1, -0.05) is 12.1 Å². The lowest BCUT2D eigenvalue weighted by molar-refractivity contribution is -0.150. The Morgan fingerprint density at radius 1 is 0.938 bits per heavy atom. The van der Waals surface area contributed by atoms with Gasteiger partial charge in [-0.05, 0) is 41.8 Å². The molecule has 0 aliphatic carbocycles. The molecule has 0 N–H and O–H groups in total. The summed E-state index contributed by atoms with van der Waals surface area (Å²) in [5, 5.41) is 0. The Balaban J connectivity index is 1.94. The normalized spacial score (nSPS) is 18.5. The highest BCUT2D eigenvalue weighted by molar-refractivity contribution is 5.75. The molecule has 0 radical (unpaired) electrons. The van der Waals surface area contributed by atoms with E-state index in [1.54, 1.807) is 45.6 Å². The second kappa shape index (κ2) is 10.3. The fourth-order valence-electron chi connectivity index (χ4n) is 3.98. The molecular formula is C24H28O8. The summed E-state index contributed by atoms with van der Waals surface area (Å²) in [6.07, 6.45) is -0.293. The summed E-state index contributed by atoms with van der Waals surface area (Å²) >= 11 is 0. The molecule has 1 aliphatic heterocycles. The van der Waals surface area contributed by atoms with Crippen molar-refractivity contribution >= 4 is 11.9 Å². The van der Waals surface area contributed by atoms with Gasteiger partial charge in [0, 0.05) is 12.8 Å². The van der Waals surface area contributed by atoms with Crippen molar-refractivity contribution < 1.29 is 38.0 Å². The summed E-state index contributed by atoms with van der Waals surface area (Å²) in [4.78, 5) is 24.6. The molecule has 0 saturated carbocycles. The molecule has 0 amide bonds. The number of hydrogen-bond acceptors (Lipinski definition) is 8. The van der Waals surface area contributed by atoms with Crippen molar-refractivity contribution in [3.8, 4) is 23.0 Å². The number of hydrogen-bond donors (Lipinski definition) is 0. The lowest BCUT2D eigenvalue weighted by Crippen LogP contribution is -2.27. The van der Waals surface area contributed by atoms with E-state index in [1.807, 2.05) is 12.1 Å². The van der Waals surface area contributed by atoms with Gasteiger partial charge in [0.2, 0.25) is 0 Å². The van der Waals surface area contributed by atoms with Crippen LogP contribution in [0.2, 0.25) is 0 Å². The zero-order valence-corrected chi connectivity index (χ0v) is 18.9. The van der Waals surface area contributed by atoms with Crippen LogP contribution in [-0.4, -0.2) is 47.0 Å². The van der Waals surface area contributed by atoms with E-state index >= 15 is 0 Å². The van der Waals surface area contributed by atoms with Crippen molar-refractivity contribution in [3.05, 3.63) is 47.5 Å². The minimum absolute atomic E-state index is 0.142. The molecule has 0 spiro atoms. The third kappa shape index (κ3) is 4.90. The van der Waals surface area contributed by atoms with Gasteiger partial charge >= 0.3 is 11.9 Å². The average molecular weight is 444 g/mol. The average Bonchev–Trinajstić information content (AvgIpc) is 3.16. The number of cyclic esters (lactones) is 1. The molecule has 1 saturated heterocycles. The molecular weight excluding hydrogens is 416 g/mol. The van der Waals surface area contributed by atoms with Crippen LogP contribution < -0.4 is 18.9 Å². The van der Waals surface area contributed by atoms with E-state index in [-0.39, 0.29) is 18.5 Å². The zero-order valence-electron chi connectivity index (χ0n) is 18.9. The van der Waals surface area contributed by atoms with E-state index < -0.39 is 18.0 Å². The number of esters is 2. The topological polar surface area (TPSA) is 89.5 Å². The molecule has 0 bridgehead atoms. The molecule has 2 aromatic carbocycles. The van der Waals surface area contributed by atoms with Gasteiger partial charge in [-0.3, -0.25) is 9.59 Å². The molecule has 3 unspecified atom stereocenters. The van der Waals surface area contributed by atoms with Crippen LogP contribution in [0.5, 0.6) is 23.0 Å². The molecule has 1 fully saturated rings. The molecule has 8 heteroatoms. The molecule has 2 aromatic rings. The molecule has 8 nitrogen and oxygen atoms in total. The Morgan fingerprint density at radius 2 is 1.53 bits per heavy atom. The Hall–Kier alpha value is -3.42. The number of rotatable bonds is 9. The van der Waals surface area contributed by atoms with E-state index in [0.717, 1.165) is 5.56 Å². The van der Waals surface area contributed by atoms with Gasteiger partial charge in [0.15, 0.2) is 23.0 Å². The third-order valence-electron chi connectivity index (χ3n) is 5.56. The van der Waals surface area contributed by atoms with E-state index in [2.05, 4.69) is 0 Å². The third-order valence-corrected chi connectivity index (χ3v) is 5.56. The van der Waals surface area contributed by atoms with Crippen LogP contribution in [0.4, 0.5) is 0 Å². The molecule has 172 valence electrons. The van der Waals surface area contributed by atoms with Crippen LogP contribution in [0.1, 0.15) is 24.2 Å². The molecule has 3 rings (SSSR count). The van der Waals surface area contributed by atoms with Gasteiger partial charge in [0.05, 0.1) is 41.0 Å². The number of benzene rings is 2. The SMILES string of the molecule is COc1ccc(CC2C(=O)OCC2C(OC(C)=O)c2ccc(OC)c(OC)c2)cc1OC. The van der Waals surface area contributed by atoms with Crippen molar-refractivity contribution in [3.63, 3.8) is 0 Å². The number of ether oxygens (including phenoxy) is 6. The first-order chi connectivity index (χ1) is 15.4. The van der Waals surface area contributed by atoms with Crippen LogP contribution in [-0.2, 0) is 25.5 Å². The molecule has 1 aliphatic rings. The van der Waals surface area contributed by atoms with Gasteiger partial charge in [-0.2, -0.15) is 0 Å². The molecule has 32 heavy (non-hydrogen) atoms. The molecule has 1 heterocycles. The standard InChI is InChI=1S/C24H28O8/c1-14(25)32-23(16-7-9-20(28-3)22(12-16)30-5)18-13-31-24(26)17(18)10-15-6-8-19(27-2)21(11-15)29-4/h6-9,11-12,17-18,23H,10,13H2,1-5H3. The maximum absolute atomic E-state index is 12.6. The first-order valence-electron chi connectivity index (χ1n) is 10.2. The highest BCUT2D eigenvalue weighted by Crippen LogP contribution is 2.41. The fraction of sp³-hybridized carbons (Fsp3) is 0.417. The quantitative estimate of drug-likeness (QED) is 0.544. The summed E-state index contributed by atoms with van der Waals surface area (Å²) < 4.78 is 32.4. The summed E-state index contributed by atoms with van der Waals surface area (Å²) in [5.74, 6) is 0.566. The highest BCUT2D eigenvalue weighted by Gasteiger charge is 2.44. The van der Waals surface area contributed by atoms with Crippen LogP contribution >= 0.6 is 0 Å². The second-order valence-electron chi connectivity index (χ2n) is 7.44. The predicted molar refractivity (Wildman–Crippen MR) is 115 cm³/mol. The largest absolute Gasteiger partial charge is 0.493 e. The van der Waals surface area contributed by atoms with Gasteiger partial charge in [-0.15, -0.1) is 0 Å². The molecule has 0 aromatic heterocycles. The van der Waals surface area contributed by atoms with Crippen molar-refractivity contribution in [2.75, 3.05) is 35.0 Å². The van der Waals surface area contributed by atoms with Crippen LogP contribution in [0, 0.1) is 11.8 Å². The van der Waals surface area contributed by atoms with Crippen LogP contribution in [0.15, 0.2) is 36.4 Å². The van der Waals surface area contributed by atoms with E-state index in [1.165, 1.54) is 14.0 Å². The van der Waals surface area contributed by atoms with Crippen molar-refractivity contribution in [1.29, 1.82) is 0 Å². The minimum Gasteiger partial charge on any atom is -0.493 e. The Bertz CT molecular complexity index is 970. The summed E-state index contributed by atoms with van der Waals surface area (Å²) in [6.45, 7) is 1.48. The Morgan fingerprint density at radius 3 is 2.12 bits per heavy atom. The second-order valence-corrected chi connectivity index (χ2v) is 7.44. The van der Waals surface area contributed by atoms with Crippen LogP contribution in [0.3, 0.4) is 0 Å². The summed E-state index contributed by atoms with van der Waals surface area (Å²) in [7, 11) is 6.20. The van der Waals surface area contributed by atoms with E-state index in [4.69, 9.17) is 28.4 Å². The van der Waals surface area contributed by atoms with Crippen molar-refractivity contribution in [2.24, 2.45) is 11.8 Å². The van der Waals surface area contributed by atoms with Crippen LogP contribution in [0.25, 0.3) is 0 Å². The van der Waals surface area contributed by atoms with Crippen molar-refractivity contribution in [1.82, 2.24) is 0 Å². The van der Waals surface area contributed by atoms with Gasteiger partial charge in [0.25, 0.3) is 0 Å². The first-order valence-corrected chi connectivity index (χ1v) is 10.2.